The SMILES string of the molecule is COc1cc(/C=C(\C#N)C(=O)Nc2ccc(I)cc2)cc(Br)c1OCc1ccc(C)cc1. The van der Waals surface area contributed by atoms with Crippen molar-refractivity contribution in [1.82, 2.24) is 0 Å². The summed E-state index contributed by atoms with van der Waals surface area (Å²) in [7, 11) is 1.54. The van der Waals surface area contributed by atoms with Crippen LogP contribution in [0.4, 0.5) is 5.69 Å². The van der Waals surface area contributed by atoms with Crippen molar-refractivity contribution in [1.29, 1.82) is 5.26 Å². The molecular weight excluding hydrogens is 583 g/mol. The van der Waals surface area contributed by atoms with Crippen molar-refractivity contribution in [2.45, 2.75) is 13.5 Å². The lowest BCUT2D eigenvalue weighted by atomic mass is 10.1. The number of methoxy groups -OCH3 is 1. The molecule has 162 valence electrons. The van der Waals surface area contributed by atoms with Crippen molar-refractivity contribution in [3.05, 3.63) is 91.0 Å². The Morgan fingerprint density at radius 2 is 1.84 bits per heavy atom. The third-order valence-corrected chi connectivity index (χ3v) is 5.84. The Morgan fingerprint density at radius 1 is 1.16 bits per heavy atom. The van der Waals surface area contributed by atoms with Gasteiger partial charge in [-0.3, -0.25) is 4.79 Å². The number of carbonyl (C=O) groups is 1. The summed E-state index contributed by atoms with van der Waals surface area (Å²) in [4.78, 5) is 12.6. The number of ether oxygens (including phenoxy) is 2. The number of hydrogen-bond donors (Lipinski definition) is 1. The highest BCUT2D eigenvalue weighted by Gasteiger charge is 2.14. The van der Waals surface area contributed by atoms with Gasteiger partial charge in [0.15, 0.2) is 11.5 Å². The first-order valence-electron chi connectivity index (χ1n) is 9.64. The van der Waals surface area contributed by atoms with Crippen LogP contribution in [0.1, 0.15) is 16.7 Å². The number of hydrogen-bond acceptors (Lipinski definition) is 4. The number of carbonyl (C=O) groups excluding carboxylic acids is 1. The normalized spacial score (nSPS) is 10.9. The molecule has 0 spiro atoms. The van der Waals surface area contributed by atoms with Gasteiger partial charge < -0.3 is 14.8 Å². The van der Waals surface area contributed by atoms with Crippen molar-refractivity contribution in [3.63, 3.8) is 0 Å². The zero-order valence-electron chi connectivity index (χ0n) is 17.5. The molecule has 0 unspecified atom stereocenters. The summed E-state index contributed by atoms with van der Waals surface area (Å²) >= 11 is 5.70. The van der Waals surface area contributed by atoms with Crippen LogP contribution in [0.25, 0.3) is 6.08 Å². The number of nitrogens with zero attached hydrogens (tertiary/aromatic N) is 1. The Labute approximate surface area is 209 Å². The van der Waals surface area contributed by atoms with Gasteiger partial charge in [0.1, 0.15) is 18.2 Å². The van der Waals surface area contributed by atoms with Crippen molar-refractivity contribution in [3.8, 4) is 17.6 Å². The largest absolute Gasteiger partial charge is 0.493 e. The molecule has 3 aromatic carbocycles. The van der Waals surface area contributed by atoms with Crippen LogP contribution in [0, 0.1) is 21.8 Å². The fourth-order valence-electron chi connectivity index (χ4n) is 2.85. The molecule has 7 heteroatoms. The van der Waals surface area contributed by atoms with E-state index in [4.69, 9.17) is 9.47 Å². The van der Waals surface area contributed by atoms with Crippen LogP contribution >= 0.6 is 38.5 Å². The van der Waals surface area contributed by atoms with Gasteiger partial charge in [-0.05, 0) is 99.0 Å². The molecule has 3 aromatic rings. The quantitative estimate of drug-likeness (QED) is 0.190. The lowest BCUT2D eigenvalue weighted by Crippen LogP contribution is -2.13. The lowest BCUT2D eigenvalue weighted by Gasteiger charge is -2.14. The molecular formula is C25H20BrIN2O3. The van der Waals surface area contributed by atoms with Gasteiger partial charge in [0, 0.05) is 9.26 Å². The molecule has 0 aliphatic heterocycles. The summed E-state index contributed by atoms with van der Waals surface area (Å²) in [5, 5.41) is 12.2. The van der Waals surface area contributed by atoms with Gasteiger partial charge in [-0.15, -0.1) is 0 Å². The summed E-state index contributed by atoms with van der Waals surface area (Å²) in [6.45, 7) is 2.42. The maximum Gasteiger partial charge on any atom is 0.266 e. The minimum atomic E-state index is -0.483. The van der Waals surface area contributed by atoms with E-state index in [9.17, 15) is 10.1 Å². The van der Waals surface area contributed by atoms with Crippen LogP contribution in [0.2, 0.25) is 0 Å². The van der Waals surface area contributed by atoms with Crippen molar-refractivity contribution >= 4 is 56.2 Å². The molecule has 0 bridgehead atoms. The van der Waals surface area contributed by atoms with E-state index in [1.54, 1.807) is 31.4 Å². The van der Waals surface area contributed by atoms with E-state index >= 15 is 0 Å². The van der Waals surface area contributed by atoms with Gasteiger partial charge in [0.2, 0.25) is 0 Å². The fourth-order valence-corrected chi connectivity index (χ4v) is 3.78. The predicted molar refractivity (Wildman–Crippen MR) is 138 cm³/mol. The van der Waals surface area contributed by atoms with E-state index in [0.717, 1.165) is 9.13 Å². The molecule has 32 heavy (non-hydrogen) atoms. The maximum absolute atomic E-state index is 12.6. The second kappa shape index (κ2) is 11.2. The average Bonchev–Trinajstić information content (AvgIpc) is 2.79. The summed E-state index contributed by atoms with van der Waals surface area (Å²) in [5.74, 6) is 0.559. The number of benzene rings is 3. The Hall–Kier alpha value is -2.83. The van der Waals surface area contributed by atoms with Crippen LogP contribution < -0.4 is 14.8 Å². The highest BCUT2D eigenvalue weighted by atomic mass is 127. The van der Waals surface area contributed by atoms with E-state index in [1.165, 1.54) is 11.6 Å². The third-order valence-electron chi connectivity index (χ3n) is 4.53. The number of nitriles is 1. The predicted octanol–water partition coefficient (Wildman–Crippen LogP) is 6.50. The number of aryl methyl sites for hydroxylation is 1. The molecule has 0 radical (unpaired) electrons. The second-order valence-electron chi connectivity index (χ2n) is 6.94. The molecule has 0 saturated carbocycles. The Balaban J connectivity index is 1.80. The minimum absolute atomic E-state index is 0.0224. The average molecular weight is 603 g/mol. The molecule has 0 aliphatic rings. The first kappa shape index (κ1) is 23.8. The molecule has 0 heterocycles. The molecule has 1 amide bonds. The third kappa shape index (κ3) is 6.34. The summed E-state index contributed by atoms with van der Waals surface area (Å²) in [6, 6.07) is 20.9. The zero-order valence-corrected chi connectivity index (χ0v) is 21.2. The van der Waals surface area contributed by atoms with E-state index < -0.39 is 5.91 Å². The Bertz CT molecular complexity index is 1180. The minimum Gasteiger partial charge on any atom is -0.493 e. The molecule has 0 aliphatic carbocycles. The topological polar surface area (TPSA) is 71.3 Å². The van der Waals surface area contributed by atoms with Gasteiger partial charge in [-0.1, -0.05) is 29.8 Å². The summed E-state index contributed by atoms with van der Waals surface area (Å²) < 4.78 is 13.2. The van der Waals surface area contributed by atoms with Crippen LogP contribution in [-0.4, -0.2) is 13.0 Å². The molecule has 5 nitrogen and oxygen atoms in total. The van der Waals surface area contributed by atoms with Gasteiger partial charge >= 0.3 is 0 Å². The monoisotopic (exact) mass is 602 g/mol. The van der Waals surface area contributed by atoms with Crippen LogP contribution in [-0.2, 0) is 11.4 Å². The van der Waals surface area contributed by atoms with Gasteiger partial charge in [-0.2, -0.15) is 5.26 Å². The Morgan fingerprint density at radius 3 is 2.47 bits per heavy atom. The van der Waals surface area contributed by atoms with Gasteiger partial charge in [-0.25, -0.2) is 0 Å². The van der Waals surface area contributed by atoms with Crippen LogP contribution in [0.15, 0.2) is 70.7 Å². The van der Waals surface area contributed by atoms with Gasteiger partial charge in [0.25, 0.3) is 5.91 Å². The van der Waals surface area contributed by atoms with Crippen LogP contribution in [0.5, 0.6) is 11.5 Å². The smallest absolute Gasteiger partial charge is 0.266 e. The molecule has 0 saturated heterocycles. The number of rotatable bonds is 7. The van der Waals surface area contributed by atoms with Crippen molar-refractivity contribution in [2.24, 2.45) is 0 Å². The highest BCUT2D eigenvalue weighted by molar-refractivity contribution is 14.1. The number of amides is 1. The first-order chi connectivity index (χ1) is 15.4. The number of nitrogens with one attached hydrogen (secondary N) is 1. The molecule has 1 N–H and O–H groups in total. The first-order valence-corrected chi connectivity index (χ1v) is 11.5. The lowest BCUT2D eigenvalue weighted by molar-refractivity contribution is -0.112. The summed E-state index contributed by atoms with van der Waals surface area (Å²) in [6.07, 6.45) is 1.51. The van der Waals surface area contributed by atoms with E-state index in [-0.39, 0.29) is 5.57 Å². The second-order valence-corrected chi connectivity index (χ2v) is 9.04. The van der Waals surface area contributed by atoms with Crippen molar-refractivity contribution < 1.29 is 14.3 Å². The molecule has 0 fully saturated rings. The number of halogens is 2. The Kier molecular flexibility index (Phi) is 8.31. The highest BCUT2D eigenvalue weighted by Crippen LogP contribution is 2.37. The van der Waals surface area contributed by atoms with Crippen LogP contribution in [0.3, 0.4) is 0 Å². The van der Waals surface area contributed by atoms with Gasteiger partial charge in [0.05, 0.1) is 11.6 Å². The molecule has 0 aromatic heterocycles. The maximum atomic E-state index is 12.6. The zero-order chi connectivity index (χ0) is 23.1. The molecule has 3 rings (SSSR count). The standard InChI is InChI=1S/C25H20BrIN2O3/c1-16-3-5-17(6-4-16)15-32-24-22(26)12-18(13-23(24)31-2)11-19(14-28)25(30)29-21-9-7-20(27)8-10-21/h3-13H,15H2,1-2H3,(H,29,30)/b19-11+. The molecule has 0 atom stereocenters. The fraction of sp³-hybridized carbons (Fsp3) is 0.120. The van der Waals surface area contributed by atoms with Crippen molar-refractivity contribution in [2.75, 3.05) is 12.4 Å². The van der Waals surface area contributed by atoms with E-state index in [1.807, 2.05) is 49.4 Å². The van der Waals surface area contributed by atoms with E-state index in [2.05, 4.69) is 43.8 Å². The van der Waals surface area contributed by atoms with E-state index in [0.29, 0.717) is 33.8 Å². The number of anilines is 1. The summed E-state index contributed by atoms with van der Waals surface area (Å²) in [5.41, 5.74) is 3.45.